The van der Waals surface area contributed by atoms with Crippen molar-refractivity contribution in [1.82, 2.24) is 0 Å². The number of carbonyl (C=O) groups is 1. The molecule has 0 heterocycles. The van der Waals surface area contributed by atoms with Crippen LogP contribution in [0.15, 0.2) is 60.7 Å². The molecule has 4 rings (SSSR count). The van der Waals surface area contributed by atoms with E-state index < -0.39 is 0 Å². The van der Waals surface area contributed by atoms with Gasteiger partial charge >= 0.3 is 6.03 Å². The van der Waals surface area contributed by atoms with Gasteiger partial charge in [0.2, 0.25) is 0 Å². The molecule has 0 radical (unpaired) electrons. The summed E-state index contributed by atoms with van der Waals surface area (Å²) in [6.45, 7) is 0. The Bertz CT molecular complexity index is 931. The number of aliphatic hydroxyl groups is 1. The molecule has 3 aromatic rings. The van der Waals surface area contributed by atoms with Crippen LogP contribution in [0.3, 0.4) is 0 Å². The van der Waals surface area contributed by atoms with Gasteiger partial charge < -0.3 is 15.7 Å². The molecule has 1 aliphatic rings. The van der Waals surface area contributed by atoms with Gasteiger partial charge in [-0.15, -0.1) is 0 Å². The number of urea groups is 1. The lowest BCUT2D eigenvalue weighted by molar-refractivity contribution is 0.159. The second-order valence-corrected chi connectivity index (χ2v) is 6.45. The molecule has 0 saturated carbocycles. The van der Waals surface area contributed by atoms with Crippen LogP contribution < -0.4 is 10.6 Å². The molecule has 0 fully saturated rings. The lowest BCUT2D eigenvalue weighted by Gasteiger charge is -2.23. The molecule has 3 aromatic carbocycles. The summed E-state index contributed by atoms with van der Waals surface area (Å²) in [4.78, 5) is 12.5. The van der Waals surface area contributed by atoms with E-state index in [1.165, 1.54) is 5.56 Å². The van der Waals surface area contributed by atoms with Gasteiger partial charge in [-0.3, -0.25) is 0 Å². The van der Waals surface area contributed by atoms with E-state index in [0.717, 1.165) is 40.6 Å². The number of hydrogen-bond donors (Lipinski definition) is 3. The highest BCUT2D eigenvalue weighted by Crippen LogP contribution is 2.29. The van der Waals surface area contributed by atoms with E-state index in [9.17, 15) is 9.90 Å². The Morgan fingerprint density at radius 1 is 0.920 bits per heavy atom. The van der Waals surface area contributed by atoms with E-state index in [1.54, 1.807) is 0 Å². The highest BCUT2D eigenvalue weighted by atomic mass is 16.3. The highest BCUT2D eigenvalue weighted by molar-refractivity contribution is 6.06. The molecule has 0 aromatic heterocycles. The maximum Gasteiger partial charge on any atom is 0.323 e. The summed E-state index contributed by atoms with van der Waals surface area (Å²) in [5.74, 6) is 0. The van der Waals surface area contributed by atoms with E-state index in [4.69, 9.17) is 0 Å². The van der Waals surface area contributed by atoms with Crippen molar-refractivity contribution >= 4 is 28.2 Å². The molecular weight excluding hydrogens is 312 g/mol. The van der Waals surface area contributed by atoms with E-state index in [0.29, 0.717) is 6.42 Å². The zero-order chi connectivity index (χ0) is 17.2. The molecule has 0 spiro atoms. The Morgan fingerprint density at radius 3 is 2.56 bits per heavy atom. The minimum Gasteiger partial charge on any atom is -0.393 e. The predicted octanol–water partition coefficient (Wildman–Crippen LogP) is 4.33. The molecule has 1 atom stereocenters. The largest absolute Gasteiger partial charge is 0.393 e. The Kier molecular flexibility index (Phi) is 4.12. The fourth-order valence-electron chi connectivity index (χ4n) is 3.50. The van der Waals surface area contributed by atoms with Gasteiger partial charge in [-0.25, -0.2) is 4.79 Å². The first-order chi connectivity index (χ1) is 12.2. The smallest absolute Gasteiger partial charge is 0.323 e. The molecule has 0 saturated heterocycles. The first kappa shape index (κ1) is 15.7. The van der Waals surface area contributed by atoms with E-state index >= 15 is 0 Å². The second-order valence-electron chi connectivity index (χ2n) is 6.45. The van der Waals surface area contributed by atoms with Crippen LogP contribution in [0.4, 0.5) is 16.2 Å². The van der Waals surface area contributed by atoms with E-state index in [-0.39, 0.29) is 12.1 Å². The van der Waals surface area contributed by atoms with E-state index in [1.807, 2.05) is 54.6 Å². The first-order valence-electron chi connectivity index (χ1n) is 8.55. The van der Waals surface area contributed by atoms with Gasteiger partial charge in [0.05, 0.1) is 11.8 Å². The second kappa shape index (κ2) is 6.57. The van der Waals surface area contributed by atoms with Gasteiger partial charge in [-0.1, -0.05) is 48.5 Å². The minimum atomic E-state index is -0.337. The average molecular weight is 332 g/mol. The highest BCUT2D eigenvalue weighted by Gasteiger charge is 2.20. The van der Waals surface area contributed by atoms with Gasteiger partial charge in [0.1, 0.15) is 0 Å². The summed E-state index contributed by atoms with van der Waals surface area (Å²) in [6.07, 6.45) is 1.87. The third kappa shape index (κ3) is 3.21. The quantitative estimate of drug-likeness (QED) is 0.654. The molecule has 0 bridgehead atoms. The fraction of sp³-hybridized carbons (Fsp3) is 0.190. The van der Waals surface area contributed by atoms with Crippen molar-refractivity contribution in [3.63, 3.8) is 0 Å². The summed E-state index contributed by atoms with van der Waals surface area (Å²) < 4.78 is 0. The Balaban J connectivity index is 1.57. The summed E-state index contributed by atoms with van der Waals surface area (Å²) in [7, 11) is 0. The summed E-state index contributed by atoms with van der Waals surface area (Å²) in [5.41, 5.74) is 3.79. The van der Waals surface area contributed by atoms with Crippen molar-refractivity contribution in [1.29, 1.82) is 0 Å². The minimum absolute atomic E-state index is 0.273. The SMILES string of the molecule is O=C(Nc1cccc2c1C[C@H](O)CC2)Nc1cccc2ccccc12. The van der Waals surface area contributed by atoms with Crippen LogP contribution in [0.2, 0.25) is 0 Å². The lowest BCUT2D eigenvalue weighted by atomic mass is 9.88. The molecule has 0 unspecified atom stereocenters. The molecule has 1 aliphatic carbocycles. The number of anilines is 2. The van der Waals surface area contributed by atoms with Gasteiger partial charge in [0.15, 0.2) is 0 Å². The number of nitrogens with one attached hydrogen (secondary N) is 2. The van der Waals surface area contributed by atoms with Crippen molar-refractivity contribution < 1.29 is 9.90 Å². The monoisotopic (exact) mass is 332 g/mol. The Labute approximate surface area is 146 Å². The number of amides is 2. The third-order valence-corrected chi connectivity index (χ3v) is 4.75. The van der Waals surface area contributed by atoms with Crippen LogP contribution in [-0.4, -0.2) is 17.2 Å². The molecule has 4 heteroatoms. The Hall–Kier alpha value is -2.85. The van der Waals surface area contributed by atoms with Gasteiger partial charge in [-0.05, 0) is 41.5 Å². The Morgan fingerprint density at radius 2 is 1.64 bits per heavy atom. The molecular formula is C21H20N2O2. The standard InChI is InChI=1S/C21H20N2O2/c24-16-12-11-15-7-4-10-20(18(15)13-16)23-21(25)22-19-9-3-6-14-5-1-2-8-17(14)19/h1-10,16,24H,11-13H2,(H2,22,23,25)/t16-/m1/s1. The molecule has 25 heavy (non-hydrogen) atoms. The van der Waals surface area contributed by atoms with Crippen LogP contribution in [0.1, 0.15) is 17.5 Å². The topological polar surface area (TPSA) is 61.4 Å². The van der Waals surface area contributed by atoms with Crippen molar-refractivity contribution in [2.24, 2.45) is 0 Å². The average Bonchev–Trinajstić information content (AvgIpc) is 2.62. The van der Waals surface area contributed by atoms with Gasteiger partial charge in [0, 0.05) is 17.5 Å². The molecule has 3 N–H and O–H groups in total. The zero-order valence-corrected chi connectivity index (χ0v) is 13.8. The molecule has 0 aliphatic heterocycles. The number of aliphatic hydroxyl groups excluding tert-OH is 1. The van der Waals surface area contributed by atoms with E-state index in [2.05, 4.69) is 16.7 Å². The van der Waals surface area contributed by atoms with Crippen LogP contribution in [0.5, 0.6) is 0 Å². The van der Waals surface area contributed by atoms with Crippen LogP contribution in [0.25, 0.3) is 10.8 Å². The predicted molar refractivity (Wildman–Crippen MR) is 101 cm³/mol. The van der Waals surface area contributed by atoms with Gasteiger partial charge in [0.25, 0.3) is 0 Å². The van der Waals surface area contributed by atoms with Crippen LogP contribution in [-0.2, 0) is 12.8 Å². The van der Waals surface area contributed by atoms with Crippen molar-refractivity contribution in [2.45, 2.75) is 25.4 Å². The van der Waals surface area contributed by atoms with Crippen molar-refractivity contribution in [2.75, 3.05) is 10.6 Å². The maximum absolute atomic E-state index is 12.5. The normalized spacial score (nSPS) is 16.3. The molecule has 4 nitrogen and oxygen atoms in total. The maximum atomic E-state index is 12.5. The van der Waals surface area contributed by atoms with Gasteiger partial charge in [-0.2, -0.15) is 0 Å². The lowest BCUT2D eigenvalue weighted by Crippen LogP contribution is -2.24. The molecule has 2 amide bonds. The summed E-state index contributed by atoms with van der Waals surface area (Å²) >= 11 is 0. The number of aryl methyl sites for hydroxylation is 1. The number of carbonyl (C=O) groups excluding carboxylic acids is 1. The molecule has 126 valence electrons. The van der Waals surface area contributed by atoms with Crippen LogP contribution in [0, 0.1) is 0 Å². The zero-order valence-electron chi connectivity index (χ0n) is 13.8. The van der Waals surface area contributed by atoms with Crippen LogP contribution >= 0.6 is 0 Å². The third-order valence-electron chi connectivity index (χ3n) is 4.75. The first-order valence-corrected chi connectivity index (χ1v) is 8.55. The number of hydrogen-bond acceptors (Lipinski definition) is 2. The number of fused-ring (bicyclic) bond motifs is 2. The fourth-order valence-corrected chi connectivity index (χ4v) is 3.50. The number of rotatable bonds is 2. The van der Waals surface area contributed by atoms with Crippen molar-refractivity contribution in [3.05, 3.63) is 71.8 Å². The number of benzene rings is 3. The van der Waals surface area contributed by atoms with Crippen molar-refractivity contribution in [3.8, 4) is 0 Å². The summed E-state index contributed by atoms with van der Waals surface area (Å²) in [6, 6.07) is 19.4. The summed E-state index contributed by atoms with van der Waals surface area (Å²) in [5, 5.41) is 17.9.